The molecule has 0 saturated carbocycles. The van der Waals surface area contributed by atoms with Crippen LogP contribution in [0.3, 0.4) is 0 Å². The number of rotatable bonds is 4. The molecule has 2 aromatic rings. The van der Waals surface area contributed by atoms with E-state index in [1.54, 1.807) is 43.3 Å². The SMILES string of the molecule is CCS(=O)(=O)N1c2ccc(C(=O)Nc3cc(Cl)cc(Cl)c3)cc2C[C@@H]1C. The molecule has 5 nitrogen and oxygen atoms in total. The highest BCUT2D eigenvalue weighted by molar-refractivity contribution is 7.92. The molecule has 2 aromatic carbocycles. The number of anilines is 2. The third-order valence-electron chi connectivity index (χ3n) is 4.28. The highest BCUT2D eigenvalue weighted by Crippen LogP contribution is 2.35. The van der Waals surface area contributed by atoms with E-state index in [0.717, 1.165) is 5.56 Å². The zero-order chi connectivity index (χ0) is 19.1. The topological polar surface area (TPSA) is 66.5 Å². The van der Waals surface area contributed by atoms with E-state index < -0.39 is 10.0 Å². The second-order valence-electron chi connectivity index (χ2n) is 6.21. The van der Waals surface area contributed by atoms with Crippen molar-refractivity contribution in [3.8, 4) is 0 Å². The Morgan fingerprint density at radius 2 is 1.85 bits per heavy atom. The highest BCUT2D eigenvalue weighted by atomic mass is 35.5. The van der Waals surface area contributed by atoms with Crippen LogP contribution in [-0.4, -0.2) is 26.1 Å². The quantitative estimate of drug-likeness (QED) is 0.811. The van der Waals surface area contributed by atoms with Gasteiger partial charge in [-0.2, -0.15) is 0 Å². The van der Waals surface area contributed by atoms with Crippen molar-refractivity contribution < 1.29 is 13.2 Å². The summed E-state index contributed by atoms with van der Waals surface area (Å²) in [5.74, 6) is -0.273. The molecule has 0 bridgehead atoms. The molecular weight excluding hydrogens is 395 g/mol. The predicted octanol–water partition coefficient (Wildman–Crippen LogP) is 4.35. The van der Waals surface area contributed by atoms with Crippen LogP contribution in [0, 0.1) is 0 Å². The average Bonchev–Trinajstić information content (AvgIpc) is 2.89. The summed E-state index contributed by atoms with van der Waals surface area (Å²) in [7, 11) is -3.35. The molecule has 138 valence electrons. The van der Waals surface area contributed by atoms with Crippen LogP contribution < -0.4 is 9.62 Å². The lowest BCUT2D eigenvalue weighted by atomic mass is 10.1. The number of benzene rings is 2. The van der Waals surface area contributed by atoms with Gasteiger partial charge in [-0.15, -0.1) is 0 Å². The van der Waals surface area contributed by atoms with Gasteiger partial charge in [0, 0.05) is 27.3 Å². The van der Waals surface area contributed by atoms with Crippen LogP contribution in [0.1, 0.15) is 29.8 Å². The van der Waals surface area contributed by atoms with E-state index in [9.17, 15) is 13.2 Å². The van der Waals surface area contributed by atoms with Gasteiger partial charge in [0.15, 0.2) is 0 Å². The number of nitrogens with one attached hydrogen (secondary N) is 1. The molecule has 1 atom stereocenters. The Kier molecular flexibility index (Phi) is 5.19. The number of carbonyl (C=O) groups is 1. The second-order valence-corrected chi connectivity index (χ2v) is 9.21. The maximum atomic E-state index is 12.5. The number of halogens is 2. The van der Waals surface area contributed by atoms with Crippen molar-refractivity contribution in [2.75, 3.05) is 15.4 Å². The molecular formula is C18H18Cl2N2O3S. The molecule has 0 saturated heterocycles. The lowest BCUT2D eigenvalue weighted by molar-refractivity contribution is 0.102. The molecule has 26 heavy (non-hydrogen) atoms. The van der Waals surface area contributed by atoms with Gasteiger partial charge in [0.05, 0.1) is 11.4 Å². The minimum atomic E-state index is -3.35. The van der Waals surface area contributed by atoms with Gasteiger partial charge in [0.2, 0.25) is 10.0 Å². The predicted molar refractivity (Wildman–Crippen MR) is 106 cm³/mol. The molecule has 0 fully saturated rings. The number of hydrogen-bond acceptors (Lipinski definition) is 3. The van der Waals surface area contributed by atoms with Crippen LogP contribution in [0.5, 0.6) is 0 Å². The van der Waals surface area contributed by atoms with E-state index >= 15 is 0 Å². The zero-order valence-corrected chi connectivity index (χ0v) is 16.6. The van der Waals surface area contributed by atoms with Crippen LogP contribution in [-0.2, 0) is 16.4 Å². The molecule has 1 N–H and O–H groups in total. The standard InChI is InChI=1S/C18H18Cl2N2O3S/c1-3-26(24,25)22-11(2)6-13-7-12(4-5-17(13)22)18(23)21-16-9-14(19)8-15(20)10-16/h4-5,7-11H,3,6H2,1-2H3,(H,21,23)/t11-/m0/s1. The third-order valence-corrected chi connectivity index (χ3v) is 6.60. The van der Waals surface area contributed by atoms with Gasteiger partial charge in [0.1, 0.15) is 0 Å². The van der Waals surface area contributed by atoms with Gasteiger partial charge in [-0.05, 0) is 62.2 Å². The number of hydrogen-bond donors (Lipinski definition) is 1. The normalized spacial score (nSPS) is 16.5. The van der Waals surface area contributed by atoms with E-state index in [-0.39, 0.29) is 17.7 Å². The van der Waals surface area contributed by atoms with Crippen molar-refractivity contribution in [1.29, 1.82) is 0 Å². The summed E-state index contributed by atoms with van der Waals surface area (Å²) >= 11 is 11.9. The first-order chi connectivity index (χ1) is 12.2. The maximum Gasteiger partial charge on any atom is 0.255 e. The van der Waals surface area contributed by atoms with Crippen LogP contribution in [0.25, 0.3) is 0 Å². The number of amides is 1. The van der Waals surface area contributed by atoms with Crippen molar-refractivity contribution in [1.82, 2.24) is 0 Å². The average molecular weight is 413 g/mol. The van der Waals surface area contributed by atoms with Crippen molar-refractivity contribution in [3.05, 3.63) is 57.6 Å². The van der Waals surface area contributed by atoms with E-state index in [0.29, 0.717) is 33.4 Å². The summed E-state index contributed by atoms with van der Waals surface area (Å²) in [6.07, 6.45) is 0.568. The van der Waals surface area contributed by atoms with E-state index in [2.05, 4.69) is 5.32 Å². The van der Waals surface area contributed by atoms with Crippen LogP contribution in [0.4, 0.5) is 11.4 Å². The van der Waals surface area contributed by atoms with Crippen molar-refractivity contribution in [3.63, 3.8) is 0 Å². The number of nitrogens with zero attached hydrogens (tertiary/aromatic N) is 1. The zero-order valence-electron chi connectivity index (χ0n) is 14.3. The van der Waals surface area contributed by atoms with Crippen molar-refractivity contribution >= 4 is 50.5 Å². The molecule has 0 aromatic heterocycles. The summed E-state index contributed by atoms with van der Waals surface area (Å²) in [6.45, 7) is 3.49. The first kappa shape index (κ1) is 19.0. The first-order valence-corrected chi connectivity index (χ1v) is 10.5. The van der Waals surface area contributed by atoms with Crippen molar-refractivity contribution in [2.24, 2.45) is 0 Å². The van der Waals surface area contributed by atoms with Crippen LogP contribution in [0.2, 0.25) is 10.0 Å². The minimum absolute atomic E-state index is 0.0363. The lowest BCUT2D eigenvalue weighted by Gasteiger charge is -2.23. The van der Waals surface area contributed by atoms with E-state index in [1.807, 2.05) is 6.92 Å². The Morgan fingerprint density at radius 1 is 1.19 bits per heavy atom. The smallest absolute Gasteiger partial charge is 0.255 e. The summed E-state index contributed by atoms with van der Waals surface area (Å²) in [4.78, 5) is 12.5. The number of sulfonamides is 1. The Hall–Kier alpha value is -1.76. The number of carbonyl (C=O) groups excluding carboxylic acids is 1. The van der Waals surface area contributed by atoms with Gasteiger partial charge in [-0.3, -0.25) is 9.10 Å². The van der Waals surface area contributed by atoms with Crippen molar-refractivity contribution in [2.45, 2.75) is 26.3 Å². The summed E-state index contributed by atoms with van der Waals surface area (Å²) in [6, 6.07) is 9.67. The fourth-order valence-electron chi connectivity index (χ4n) is 3.14. The van der Waals surface area contributed by atoms with E-state index in [1.165, 1.54) is 4.31 Å². The van der Waals surface area contributed by atoms with E-state index in [4.69, 9.17) is 23.2 Å². The largest absolute Gasteiger partial charge is 0.322 e. The Morgan fingerprint density at radius 3 is 2.46 bits per heavy atom. The van der Waals surface area contributed by atoms with Crippen LogP contribution >= 0.6 is 23.2 Å². The summed E-state index contributed by atoms with van der Waals surface area (Å²) < 4.78 is 26.1. The van der Waals surface area contributed by atoms with Gasteiger partial charge in [-0.1, -0.05) is 23.2 Å². The summed E-state index contributed by atoms with van der Waals surface area (Å²) in [5, 5.41) is 3.61. The molecule has 0 aliphatic carbocycles. The Balaban J connectivity index is 1.88. The second kappa shape index (κ2) is 7.10. The molecule has 1 heterocycles. The monoisotopic (exact) mass is 412 g/mol. The fourth-order valence-corrected chi connectivity index (χ4v) is 5.04. The Labute approximate surface area is 163 Å². The third kappa shape index (κ3) is 3.68. The molecule has 0 radical (unpaired) electrons. The highest BCUT2D eigenvalue weighted by Gasteiger charge is 2.34. The number of fused-ring (bicyclic) bond motifs is 1. The molecule has 3 rings (SSSR count). The van der Waals surface area contributed by atoms with Gasteiger partial charge < -0.3 is 5.32 Å². The molecule has 1 aliphatic rings. The summed E-state index contributed by atoms with van der Waals surface area (Å²) in [5.41, 5.74) is 2.42. The van der Waals surface area contributed by atoms with Gasteiger partial charge >= 0.3 is 0 Å². The molecule has 1 amide bonds. The molecule has 0 unspecified atom stereocenters. The van der Waals surface area contributed by atoms with Gasteiger partial charge in [-0.25, -0.2) is 8.42 Å². The lowest BCUT2D eigenvalue weighted by Crippen LogP contribution is -2.36. The molecule has 0 spiro atoms. The Bertz CT molecular complexity index is 956. The molecule has 1 aliphatic heterocycles. The minimum Gasteiger partial charge on any atom is -0.322 e. The van der Waals surface area contributed by atoms with Crippen LogP contribution in [0.15, 0.2) is 36.4 Å². The maximum absolute atomic E-state index is 12.5. The first-order valence-electron chi connectivity index (χ1n) is 8.13. The van der Waals surface area contributed by atoms with Gasteiger partial charge in [0.25, 0.3) is 5.91 Å². The fraction of sp³-hybridized carbons (Fsp3) is 0.278. The molecule has 8 heteroatoms.